The largest absolute Gasteiger partial charge is 0.482 e. The fourth-order valence-corrected chi connectivity index (χ4v) is 3.26. The Labute approximate surface area is 169 Å². The maximum Gasteiger partial charge on any atom is 0.316 e. The van der Waals surface area contributed by atoms with Gasteiger partial charge in [0.15, 0.2) is 6.61 Å². The molecule has 1 unspecified atom stereocenters. The monoisotopic (exact) mass is 459 g/mol. The van der Waals surface area contributed by atoms with E-state index >= 15 is 0 Å². The lowest BCUT2D eigenvalue weighted by Gasteiger charge is -2.32. The first-order chi connectivity index (χ1) is 12.5. The van der Waals surface area contributed by atoms with Gasteiger partial charge in [-0.1, -0.05) is 23.2 Å². The maximum atomic E-state index is 12.4. The van der Waals surface area contributed by atoms with E-state index in [1.807, 2.05) is 0 Å². The number of hydrogen-bond donors (Lipinski definition) is 0. The average Bonchev–Trinajstić information content (AvgIpc) is 2.63. The van der Waals surface area contributed by atoms with Crippen molar-refractivity contribution in [3.05, 3.63) is 45.1 Å². The first-order valence-corrected chi connectivity index (χ1v) is 9.56. The van der Waals surface area contributed by atoms with Crippen LogP contribution < -0.4 is 9.47 Å². The second kappa shape index (κ2) is 8.88. The van der Waals surface area contributed by atoms with Crippen LogP contribution in [0.1, 0.15) is 12.8 Å². The van der Waals surface area contributed by atoms with Gasteiger partial charge in [0.2, 0.25) is 0 Å². The molecule has 2 heterocycles. The summed E-state index contributed by atoms with van der Waals surface area (Å²) < 4.78 is 12.1. The molecule has 0 bridgehead atoms. The highest BCUT2D eigenvalue weighted by molar-refractivity contribution is 9.10. The number of nitrogens with zero attached hydrogens (tertiary/aromatic N) is 3. The molecule has 26 heavy (non-hydrogen) atoms. The predicted octanol–water partition coefficient (Wildman–Crippen LogP) is 3.99. The summed E-state index contributed by atoms with van der Waals surface area (Å²) in [6.07, 6.45) is 4.78. The van der Waals surface area contributed by atoms with Crippen molar-refractivity contribution >= 4 is 45.0 Å². The summed E-state index contributed by atoms with van der Waals surface area (Å²) in [5.74, 6) is 0.304. The van der Waals surface area contributed by atoms with Crippen molar-refractivity contribution < 1.29 is 14.3 Å². The molecule has 2 aromatic rings. The molecule has 138 valence electrons. The summed E-state index contributed by atoms with van der Waals surface area (Å²) in [7, 11) is 0. The number of likely N-dealkylation sites (tertiary alicyclic amines) is 1. The van der Waals surface area contributed by atoms with Crippen molar-refractivity contribution in [2.24, 2.45) is 0 Å². The Kier molecular flexibility index (Phi) is 6.56. The summed E-state index contributed by atoms with van der Waals surface area (Å²) in [4.78, 5) is 22.4. The second-order valence-corrected chi connectivity index (χ2v) is 7.53. The highest BCUT2D eigenvalue weighted by Gasteiger charge is 2.26. The number of carbonyl (C=O) groups is 1. The van der Waals surface area contributed by atoms with Crippen molar-refractivity contribution in [2.45, 2.75) is 18.9 Å². The smallest absolute Gasteiger partial charge is 0.316 e. The Balaban J connectivity index is 1.53. The number of hydrogen-bond acceptors (Lipinski definition) is 5. The standard InChI is InChI=1S/C17H16BrCl2N3O3/c18-11-7-21-17(22-8-11)26-13-2-1-5-23(9-13)16(24)10-25-15-4-3-12(19)6-14(15)20/h3-4,6-8,13H,1-2,5,9-10H2. The van der Waals surface area contributed by atoms with E-state index in [0.29, 0.717) is 34.9 Å². The van der Waals surface area contributed by atoms with Crippen LogP contribution in [0, 0.1) is 0 Å². The summed E-state index contributed by atoms with van der Waals surface area (Å²) in [5.41, 5.74) is 0. The lowest BCUT2D eigenvalue weighted by Crippen LogP contribution is -2.46. The van der Waals surface area contributed by atoms with Crippen molar-refractivity contribution in [1.82, 2.24) is 14.9 Å². The van der Waals surface area contributed by atoms with Gasteiger partial charge in [-0.25, -0.2) is 9.97 Å². The Hall–Kier alpha value is -1.57. The molecule has 6 nitrogen and oxygen atoms in total. The van der Waals surface area contributed by atoms with Gasteiger partial charge in [0.1, 0.15) is 11.9 Å². The van der Waals surface area contributed by atoms with Gasteiger partial charge >= 0.3 is 6.01 Å². The number of carbonyl (C=O) groups excluding carboxylic acids is 1. The van der Waals surface area contributed by atoms with Gasteiger partial charge in [0.05, 0.1) is 16.0 Å². The van der Waals surface area contributed by atoms with Crippen LogP contribution in [0.4, 0.5) is 0 Å². The molecule has 1 fully saturated rings. The van der Waals surface area contributed by atoms with E-state index in [4.69, 9.17) is 32.7 Å². The van der Waals surface area contributed by atoms with E-state index in [-0.39, 0.29) is 18.6 Å². The minimum Gasteiger partial charge on any atom is -0.482 e. The lowest BCUT2D eigenvalue weighted by atomic mass is 10.1. The molecule has 0 N–H and O–H groups in total. The van der Waals surface area contributed by atoms with E-state index < -0.39 is 0 Å². The van der Waals surface area contributed by atoms with Crippen LogP contribution >= 0.6 is 39.1 Å². The molecule has 1 atom stereocenters. The minimum atomic E-state index is -0.145. The molecule has 0 aliphatic carbocycles. The number of aromatic nitrogens is 2. The molecule has 3 rings (SSSR count). The molecule has 1 aromatic heterocycles. The van der Waals surface area contributed by atoms with Crippen LogP contribution in [0.5, 0.6) is 11.8 Å². The molecule has 1 aromatic carbocycles. The summed E-state index contributed by atoms with van der Waals surface area (Å²) in [6, 6.07) is 5.18. The zero-order valence-electron chi connectivity index (χ0n) is 13.7. The Morgan fingerprint density at radius 2 is 2.08 bits per heavy atom. The number of halogens is 3. The minimum absolute atomic E-state index is 0.0944. The number of piperidine rings is 1. The van der Waals surface area contributed by atoms with Gasteiger partial charge in [-0.2, -0.15) is 0 Å². The van der Waals surface area contributed by atoms with Gasteiger partial charge in [-0.15, -0.1) is 0 Å². The van der Waals surface area contributed by atoms with Crippen LogP contribution in [-0.4, -0.2) is 46.6 Å². The van der Waals surface area contributed by atoms with E-state index in [2.05, 4.69) is 25.9 Å². The Morgan fingerprint density at radius 1 is 1.31 bits per heavy atom. The maximum absolute atomic E-state index is 12.4. The van der Waals surface area contributed by atoms with Gasteiger partial charge < -0.3 is 14.4 Å². The Bertz CT molecular complexity index is 776. The molecule has 0 spiro atoms. The summed E-state index contributed by atoms with van der Waals surface area (Å²) in [5, 5.41) is 0.886. The highest BCUT2D eigenvalue weighted by atomic mass is 79.9. The quantitative estimate of drug-likeness (QED) is 0.674. The number of amides is 1. The van der Waals surface area contributed by atoms with E-state index in [0.717, 1.165) is 17.3 Å². The normalized spacial score (nSPS) is 17.0. The van der Waals surface area contributed by atoms with Crippen LogP contribution in [0.15, 0.2) is 35.1 Å². The third-order valence-corrected chi connectivity index (χ3v) is 4.78. The molecule has 0 radical (unpaired) electrons. The van der Waals surface area contributed by atoms with Crippen LogP contribution in [0.3, 0.4) is 0 Å². The average molecular weight is 461 g/mol. The third-order valence-electron chi connectivity index (χ3n) is 3.84. The molecule has 0 saturated carbocycles. The van der Waals surface area contributed by atoms with Gasteiger partial charge in [0, 0.05) is 24.0 Å². The zero-order chi connectivity index (χ0) is 18.5. The topological polar surface area (TPSA) is 64.5 Å². The van der Waals surface area contributed by atoms with Crippen LogP contribution in [-0.2, 0) is 4.79 Å². The molecular formula is C17H16BrCl2N3O3. The first kappa shape index (κ1) is 19.2. The van der Waals surface area contributed by atoms with Crippen LogP contribution in [0.2, 0.25) is 10.0 Å². The zero-order valence-corrected chi connectivity index (χ0v) is 16.8. The molecular weight excluding hydrogens is 445 g/mol. The fraction of sp³-hybridized carbons (Fsp3) is 0.353. The number of benzene rings is 1. The second-order valence-electron chi connectivity index (χ2n) is 5.77. The number of ether oxygens (including phenoxy) is 2. The molecule has 9 heteroatoms. The van der Waals surface area contributed by atoms with Gasteiger partial charge in [0.25, 0.3) is 5.91 Å². The number of rotatable bonds is 5. The molecule has 1 aliphatic heterocycles. The Morgan fingerprint density at radius 3 is 2.81 bits per heavy atom. The van der Waals surface area contributed by atoms with Crippen molar-refractivity contribution in [2.75, 3.05) is 19.7 Å². The molecule has 1 aliphatic rings. The molecule has 1 saturated heterocycles. The van der Waals surface area contributed by atoms with E-state index in [9.17, 15) is 4.79 Å². The van der Waals surface area contributed by atoms with Gasteiger partial charge in [-0.3, -0.25) is 4.79 Å². The fourth-order valence-electron chi connectivity index (χ4n) is 2.59. The summed E-state index contributed by atoms with van der Waals surface area (Å²) >= 11 is 15.2. The highest BCUT2D eigenvalue weighted by Crippen LogP contribution is 2.27. The van der Waals surface area contributed by atoms with Crippen molar-refractivity contribution in [3.8, 4) is 11.8 Å². The summed E-state index contributed by atoms with van der Waals surface area (Å²) in [6.45, 7) is 1.04. The SMILES string of the molecule is O=C(COc1ccc(Cl)cc1Cl)N1CCCC(Oc2ncc(Br)cn2)C1. The predicted molar refractivity (Wildman–Crippen MR) is 102 cm³/mol. The molecule has 1 amide bonds. The third kappa shape index (κ3) is 5.22. The van der Waals surface area contributed by atoms with E-state index in [1.165, 1.54) is 0 Å². The van der Waals surface area contributed by atoms with Crippen LogP contribution in [0.25, 0.3) is 0 Å². The van der Waals surface area contributed by atoms with Crippen molar-refractivity contribution in [1.29, 1.82) is 0 Å². The first-order valence-electron chi connectivity index (χ1n) is 8.01. The van der Waals surface area contributed by atoms with Crippen molar-refractivity contribution in [3.63, 3.8) is 0 Å². The van der Waals surface area contributed by atoms with Gasteiger partial charge in [-0.05, 0) is 47.0 Å². The van der Waals surface area contributed by atoms with E-state index in [1.54, 1.807) is 35.5 Å². The lowest BCUT2D eigenvalue weighted by molar-refractivity contribution is -0.136.